The van der Waals surface area contributed by atoms with Crippen molar-refractivity contribution in [3.63, 3.8) is 0 Å². The first-order chi connectivity index (χ1) is 14.4. The molecule has 0 fully saturated rings. The maximum atomic E-state index is 12.6. The Morgan fingerprint density at radius 2 is 1.73 bits per heavy atom. The molecule has 30 heavy (non-hydrogen) atoms. The van der Waals surface area contributed by atoms with Gasteiger partial charge in [0.25, 0.3) is 15.9 Å². The topological polar surface area (TPSA) is 107 Å². The van der Waals surface area contributed by atoms with Crippen LogP contribution >= 0.6 is 11.3 Å². The summed E-state index contributed by atoms with van der Waals surface area (Å²) in [5.74, 6) is 0.704. The number of amides is 1. The molecule has 2 aromatic carbocycles. The minimum Gasteiger partial charge on any atom is -0.490 e. The highest BCUT2D eigenvalue weighted by Gasteiger charge is 2.16. The van der Waals surface area contributed by atoms with Crippen molar-refractivity contribution in [2.75, 3.05) is 23.3 Å². The first kappa shape index (κ1) is 21.6. The lowest BCUT2D eigenvalue weighted by atomic mass is 10.2. The Hall–Kier alpha value is -3.11. The highest BCUT2D eigenvalue weighted by Crippen LogP contribution is 2.29. The number of carbonyl (C=O) groups is 1. The summed E-state index contributed by atoms with van der Waals surface area (Å²) >= 11 is 1.18. The van der Waals surface area contributed by atoms with Crippen LogP contribution in [0.2, 0.25) is 0 Å². The number of hydrogen-bond acceptors (Lipinski definition) is 7. The Kier molecular flexibility index (Phi) is 6.91. The average Bonchev–Trinajstić information content (AvgIpc) is 3.22. The zero-order valence-corrected chi connectivity index (χ0v) is 18.0. The summed E-state index contributed by atoms with van der Waals surface area (Å²) in [7, 11) is -3.75. The van der Waals surface area contributed by atoms with Crippen LogP contribution in [0.4, 0.5) is 10.8 Å². The summed E-state index contributed by atoms with van der Waals surface area (Å²) in [4.78, 5) is 16.6. The van der Waals surface area contributed by atoms with Crippen molar-refractivity contribution in [3.8, 4) is 11.5 Å². The third kappa shape index (κ3) is 5.28. The fourth-order valence-corrected chi connectivity index (χ4v) is 4.35. The van der Waals surface area contributed by atoms with Gasteiger partial charge in [0.1, 0.15) is 0 Å². The van der Waals surface area contributed by atoms with E-state index in [4.69, 9.17) is 9.47 Å². The lowest BCUT2D eigenvalue weighted by molar-refractivity contribution is 0.102. The molecule has 0 saturated carbocycles. The predicted molar refractivity (Wildman–Crippen MR) is 116 cm³/mol. The van der Waals surface area contributed by atoms with E-state index in [1.807, 2.05) is 13.8 Å². The molecule has 0 aliphatic heterocycles. The molecule has 158 valence electrons. The third-order valence-electron chi connectivity index (χ3n) is 3.88. The van der Waals surface area contributed by atoms with Crippen molar-refractivity contribution in [1.82, 2.24) is 4.98 Å². The van der Waals surface area contributed by atoms with Crippen LogP contribution in [0.3, 0.4) is 0 Å². The number of rotatable bonds is 9. The Balaban J connectivity index is 1.72. The van der Waals surface area contributed by atoms with E-state index in [0.29, 0.717) is 36.0 Å². The fraction of sp³-hybridized carbons (Fsp3) is 0.200. The number of carbonyl (C=O) groups excluding carboxylic acids is 1. The summed E-state index contributed by atoms with van der Waals surface area (Å²) in [5, 5.41) is 4.70. The molecular weight excluding hydrogens is 426 g/mol. The van der Waals surface area contributed by atoms with Crippen molar-refractivity contribution >= 4 is 38.1 Å². The van der Waals surface area contributed by atoms with Crippen LogP contribution < -0.4 is 19.5 Å². The molecule has 0 saturated heterocycles. The lowest BCUT2D eigenvalue weighted by Crippen LogP contribution is -2.14. The molecule has 0 bridgehead atoms. The van der Waals surface area contributed by atoms with Gasteiger partial charge in [0.2, 0.25) is 0 Å². The van der Waals surface area contributed by atoms with Gasteiger partial charge in [-0.1, -0.05) is 0 Å². The van der Waals surface area contributed by atoms with Gasteiger partial charge in [-0.15, -0.1) is 11.3 Å². The number of anilines is 2. The number of ether oxygens (including phenoxy) is 2. The minimum atomic E-state index is -3.75. The van der Waals surface area contributed by atoms with Gasteiger partial charge in [0, 0.05) is 22.8 Å². The molecule has 3 rings (SSSR count). The monoisotopic (exact) mass is 447 g/mol. The van der Waals surface area contributed by atoms with Crippen molar-refractivity contribution in [2.45, 2.75) is 18.7 Å². The Labute approximate surface area is 178 Å². The fourth-order valence-electron chi connectivity index (χ4n) is 2.56. The predicted octanol–water partition coefficient (Wildman–Crippen LogP) is 3.99. The first-order valence-electron chi connectivity index (χ1n) is 9.16. The highest BCUT2D eigenvalue weighted by molar-refractivity contribution is 7.93. The molecule has 0 spiro atoms. The molecule has 1 aromatic heterocycles. The molecule has 2 N–H and O–H groups in total. The number of hydrogen-bond donors (Lipinski definition) is 2. The lowest BCUT2D eigenvalue weighted by Gasteiger charge is -2.12. The zero-order valence-electron chi connectivity index (χ0n) is 16.4. The van der Waals surface area contributed by atoms with E-state index in [1.165, 1.54) is 41.8 Å². The van der Waals surface area contributed by atoms with Gasteiger partial charge in [0.05, 0.1) is 18.1 Å². The van der Waals surface area contributed by atoms with Crippen LogP contribution in [0.5, 0.6) is 11.5 Å². The Morgan fingerprint density at radius 1 is 1.03 bits per heavy atom. The number of nitrogens with zero attached hydrogens (tertiary/aromatic N) is 1. The van der Waals surface area contributed by atoms with Crippen molar-refractivity contribution in [3.05, 3.63) is 59.6 Å². The smallest absolute Gasteiger partial charge is 0.263 e. The van der Waals surface area contributed by atoms with Crippen molar-refractivity contribution < 1.29 is 22.7 Å². The molecule has 0 radical (unpaired) electrons. The van der Waals surface area contributed by atoms with E-state index in [-0.39, 0.29) is 15.9 Å². The molecule has 0 aliphatic carbocycles. The van der Waals surface area contributed by atoms with Crippen LogP contribution in [0.25, 0.3) is 0 Å². The van der Waals surface area contributed by atoms with Gasteiger partial charge in [0.15, 0.2) is 16.6 Å². The molecule has 1 amide bonds. The normalized spacial score (nSPS) is 11.0. The first-order valence-corrected chi connectivity index (χ1v) is 11.5. The second-order valence-corrected chi connectivity index (χ2v) is 8.53. The van der Waals surface area contributed by atoms with Crippen LogP contribution in [0.1, 0.15) is 24.2 Å². The summed E-state index contributed by atoms with van der Waals surface area (Å²) in [6.07, 6.45) is 1.51. The second-order valence-electron chi connectivity index (χ2n) is 5.95. The molecule has 1 heterocycles. The zero-order chi connectivity index (χ0) is 21.6. The van der Waals surface area contributed by atoms with Gasteiger partial charge in [-0.2, -0.15) is 0 Å². The van der Waals surface area contributed by atoms with Gasteiger partial charge >= 0.3 is 0 Å². The molecule has 10 heteroatoms. The average molecular weight is 448 g/mol. The SMILES string of the molecule is CCOc1ccc(C(=O)Nc2ccc(S(=O)(=O)Nc3nccs3)cc2)cc1OCC. The van der Waals surface area contributed by atoms with Crippen LogP contribution in [-0.4, -0.2) is 32.5 Å². The molecular formula is C20H21N3O5S2. The largest absolute Gasteiger partial charge is 0.490 e. The molecule has 0 aliphatic rings. The third-order valence-corrected chi connectivity index (χ3v) is 6.05. The van der Waals surface area contributed by atoms with E-state index in [9.17, 15) is 13.2 Å². The Bertz CT molecular complexity index is 1100. The Morgan fingerprint density at radius 3 is 2.37 bits per heavy atom. The van der Waals surface area contributed by atoms with Crippen LogP contribution in [-0.2, 0) is 10.0 Å². The summed E-state index contributed by atoms with van der Waals surface area (Å²) in [6, 6.07) is 10.8. The number of benzene rings is 2. The van der Waals surface area contributed by atoms with Crippen molar-refractivity contribution in [2.24, 2.45) is 0 Å². The number of thiazole rings is 1. The molecule has 0 atom stereocenters. The number of nitrogens with one attached hydrogen (secondary N) is 2. The maximum Gasteiger partial charge on any atom is 0.263 e. The van der Waals surface area contributed by atoms with Crippen LogP contribution in [0.15, 0.2) is 58.9 Å². The van der Waals surface area contributed by atoms with Gasteiger partial charge < -0.3 is 14.8 Å². The van der Waals surface area contributed by atoms with Gasteiger partial charge in [-0.3, -0.25) is 9.52 Å². The summed E-state index contributed by atoms with van der Waals surface area (Å²) < 4.78 is 38.2. The van der Waals surface area contributed by atoms with E-state index >= 15 is 0 Å². The van der Waals surface area contributed by atoms with E-state index in [1.54, 1.807) is 23.6 Å². The highest BCUT2D eigenvalue weighted by atomic mass is 32.2. The van der Waals surface area contributed by atoms with E-state index in [2.05, 4.69) is 15.0 Å². The molecule has 0 unspecified atom stereocenters. The second kappa shape index (κ2) is 9.59. The standard InChI is InChI=1S/C20H21N3O5S2/c1-3-27-17-10-5-14(13-18(17)28-4-2)19(24)22-15-6-8-16(9-7-15)30(25,26)23-20-21-11-12-29-20/h5-13H,3-4H2,1-2H3,(H,21,23)(H,22,24). The van der Waals surface area contributed by atoms with Crippen LogP contribution in [0, 0.1) is 0 Å². The maximum absolute atomic E-state index is 12.6. The summed E-state index contributed by atoms with van der Waals surface area (Å²) in [6.45, 7) is 4.64. The van der Waals surface area contributed by atoms with E-state index < -0.39 is 10.0 Å². The van der Waals surface area contributed by atoms with Gasteiger partial charge in [-0.05, 0) is 56.3 Å². The minimum absolute atomic E-state index is 0.0652. The van der Waals surface area contributed by atoms with Crippen molar-refractivity contribution in [1.29, 1.82) is 0 Å². The van der Waals surface area contributed by atoms with Gasteiger partial charge in [-0.25, -0.2) is 13.4 Å². The molecule has 3 aromatic rings. The number of sulfonamides is 1. The summed E-state index contributed by atoms with van der Waals surface area (Å²) in [5.41, 5.74) is 0.851. The van der Waals surface area contributed by atoms with E-state index in [0.717, 1.165) is 0 Å². The molecule has 8 nitrogen and oxygen atoms in total. The number of aromatic nitrogens is 1. The quantitative estimate of drug-likeness (QED) is 0.514.